The molecule has 1 aliphatic rings. The summed E-state index contributed by atoms with van der Waals surface area (Å²) < 4.78 is 10.5. The van der Waals surface area contributed by atoms with Crippen LogP contribution in [-0.4, -0.2) is 49.0 Å². The van der Waals surface area contributed by atoms with Gasteiger partial charge in [-0.15, -0.1) is 0 Å². The van der Waals surface area contributed by atoms with Gasteiger partial charge in [-0.3, -0.25) is 14.6 Å². The maximum absolute atomic E-state index is 12.6. The summed E-state index contributed by atoms with van der Waals surface area (Å²) in [5, 5.41) is 2.93. The van der Waals surface area contributed by atoms with Gasteiger partial charge in [-0.1, -0.05) is 0 Å². The van der Waals surface area contributed by atoms with E-state index in [2.05, 4.69) is 10.3 Å². The fraction of sp³-hybridized carbons (Fsp3) is 0.350. The second kappa shape index (κ2) is 8.53. The summed E-state index contributed by atoms with van der Waals surface area (Å²) in [4.78, 5) is 30.8. The first-order chi connectivity index (χ1) is 13.1. The van der Waals surface area contributed by atoms with Crippen LogP contribution >= 0.6 is 0 Å². The molecule has 1 aromatic heterocycles. The number of pyridine rings is 1. The van der Waals surface area contributed by atoms with Crippen molar-refractivity contribution in [2.45, 2.75) is 12.8 Å². The van der Waals surface area contributed by atoms with Gasteiger partial charge in [0.2, 0.25) is 5.91 Å². The third kappa shape index (κ3) is 4.36. The normalized spacial score (nSPS) is 14.5. The van der Waals surface area contributed by atoms with E-state index in [1.807, 2.05) is 0 Å². The Bertz CT molecular complexity index is 802. The number of nitrogens with zero attached hydrogens (tertiary/aromatic N) is 2. The Morgan fingerprint density at radius 1 is 1.11 bits per heavy atom. The molecule has 1 aliphatic heterocycles. The number of hydrogen-bond acceptors (Lipinski definition) is 5. The highest BCUT2D eigenvalue weighted by Gasteiger charge is 2.28. The molecule has 2 aromatic rings. The van der Waals surface area contributed by atoms with E-state index in [9.17, 15) is 9.59 Å². The molecule has 0 radical (unpaired) electrons. The van der Waals surface area contributed by atoms with Crippen molar-refractivity contribution in [3.05, 3.63) is 48.3 Å². The van der Waals surface area contributed by atoms with E-state index in [0.717, 1.165) is 0 Å². The molecule has 2 heterocycles. The van der Waals surface area contributed by atoms with Gasteiger partial charge in [-0.25, -0.2) is 0 Å². The van der Waals surface area contributed by atoms with Crippen LogP contribution in [0.25, 0.3) is 0 Å². The van der Waals surface area contributed by atoms with Crippen LogP contribution in [0.2, 0.25) is 0 Å². The number of amides is 2. The molecule has 1 aromatic carbocycles. The Morgan fingerprint density at radius 2 is 1.85 bits per heavy atom. The third-order valence-electron chi connectivity index (χ3n) is 4.71. The molecular formula is C20H23N3O4. The fourth-order valence-corrected chi connectivity index (χ4v) is 3.17. The van der Waals surface area contributed by atoms with Gasteiger partial charge in [-0.05, 0) is 37.1 Å². The number of carbonyl (C=O) groups is 2. The first kappa shape index (κ1) is 18.7. The molecular weight excluding hydrogens is 346 g/mol. The Morgan fingerprint density at radius 3 is 2.48 bits per heavy atom. The topological polar surface area (TPSA) is 80.8 Å². The fourth-order valence-electron chi connectivity index (χ4n) is 3.17. The van der Waals surface area contributed by atoms with Crippen molar-refractivity contribution in [2.75, 3.05) is 32.6 Å². The van der Waals surface area contributed by atoms with Crippen LogP contribution in [0, 0.1) is 5.92 Å². The average Bonchev–Trinajstić information content (AvgIpc) is 2.73. The maximum atomic E-state index is 12.6. The Kier molecular flexibility index (Phi) is 5.90. The van der Waals surface area contributed by atoms with Crippen molar-refractivity contribution < 1.29 is 19.1 Å². The molecule has 27 heavy (non-hydrogen) atoms. The molecule has 1 fully saturated rings. The van der Waals surface area contributed by atoms with Crippen molar-refractivity contribution in [2.24, 2.45) is 5.92 Å². The lowest BCUT2D eigenvalue weighted by Crippen LogP contribution is -2.41. The Hall–Kier alpha value is -3.09. The monoisotopic (exact) mass is 369 g/mol. The number of anilines is 1. The molecule has 1 saturated heterocycles. The van der Waals surface area contributed by atoms with Gasteiger partial charge in [-0.2, -0.15) is 0 Å². The molecule has 0 unspecified atom stereocenters. The van der Waals surface area contributed by atoms with Gasteiger partial charge in [0.05, 0.1) is 19.8 Å². The highest BCUT2D eigenvalue weighted by atomic mass is 16.5. The molecule has 0 bridgehead atoms. The molecule has 3 rings (SSSR count). The van der Waals surface area contributed by atoms with Gasteiger partial charge in [0.1, 0.15) is 0 Å². The number of benzene rings is 1. The van der Waals surface area contributed by atoms with Crippen LogP contribution in [-0.2, 0) is 4.79 Å². The quantitative estimate of drug-likeness (QED) is 0.876. The van der Waals surface area contributed by atoms with Crippen LogP contribution in [0.15, 0.2) is 42.7 Å². The molecule has 7 nitrogen and oxygen atoms in total. The number of aromatic nitrogens is 1. The van der Waals surface area contributed by atoms with Gasteiger partial charge in [0.15, 0.2) is 11.5 Å². The number of likely N-dealkylation sites (tertiary alicyclic amines) is 1. The molecule has 0 aliphatic carbocycles. The Labute approximate surface area is 158 Å². The summed E-state index contributed by atoms with van der Waals surface area (Å²) in [6.07, 6.45) is 4.47. The first-order valence-electron chi connectivity index (χ1n) is 8.84. The van der Waals surface area contributed by atoms with Crippen molar-refractivity contribution >= 4 is 17.5 Å². The summed E-state index contributed by atoms with van der Waals surface area (Å²) in [5.41, 5.74) is 1.23. The molecule has 1 N–H and O–H groups in total. The van der Waals surface area contributed by atoms with Crippen LogP contribution < -0.4 is 14.8 Å². The van der Waals surface area contributed by atoms with E-state index in [1.54, 1.807) is 61.8 Å². The van der Waals surface area contributed by atoms with Crippen LogP contribution in [0.1, 0.15) is 23.2 Å². The van der Waals surface area contributed by atoms with E-state index < -0.39 is 0 Å². The maximum Gasteiger partial charge on any atom is 0.255 e. The van der Waals surface area contributed by atoms with E-state index in [-0.39, 0.29) is 17.7 Å². The summed E-state index contributed by atoms with van der Waals surface area (Å²) in [6, 6.07) is 8.77. The lowest BCUT2D eigenvalue weighted by atomic mass is 9.95. The number of piperidine rings is 1. The summed E-state index contributed by atoms with van der Waals surface area (Å²) in [7, 11) is 3.12. The van der Waals surface area contributed by atoms with Crippen molar-refractivity contribution in [1.29, 1.82) is 0 Å². The largest absolute Gasteiger partial charge is 0.493 e. The lowest BCUT2D eigenvalue weighted by Gasteiger charge is -2.31. The summed E-state index contributed by atoms with van der Waals surface area (Å²) in [6.45, 7) is 1.11. The van der Waals surface area contributed by atoms with Gasteiger partial charge in [0, 0.05) is 43.2 Å². The van der Waals surface area contributed by atoms with E-state index in [1.165, 1.54) is 0 Å². The molecule has 7 heteroatoms. The van der Waals surface area contributed by atoms with Gasteiger partial charge in [0.25, 0.3) is 5.91 Å². The second-order valence-electron chi connectivity index (χ2n) is 6.37. The second-order valence-corrected chi connectivity index (χ2v) is 6.37. The number of ether oxygens (including phenoxy) is 2. The SMILES string of the molecule is COc1ccc(NC(=O)C2CCN(C(=O)c3cccnc3)CC2)cc1OC. The predicted molar refractivity (Wildman–Crippen MR) is 101 cm³/mol. The number of hydrogen-bond donors (Lipinski definition) is 1. The van der Waals surface area contributed by atoms with Gasteiger partial charge >= 0.3 is 0 Å². The summed E-state index contributed by atoms with van der Waals surface area (Å²) in [5.74, 6) is 0.957. The molecule has 0 spiro atoms. The number of methoxy groups -OCH3 is 2. The van der Waals surface area contributed by atoms with Gasteiger partial charge < -0.3 is 19.7 Å². The van der Waals surface area contributed by atoms with Crippen LogP contribution in [0.5, 0.6) is 11.5 Å². The molecule has 142 valence electrons. The number of carbonyl (C=O) groups excluding carboxylic acids is 2. The van der Waals surface area contributed by atoms with Crippen LogP contribution in [0.4, 0.5) is 5.69 Å². The smallest absolute Gasteiger partial charge is 0.255 e. The molecule has 0 atom stereocenters. The van der Waals surface area contributed by atoms with Crippen molar-refractivity contribution in [1.82, 2.24) is 9.88 Å². The first-order valence-corrected chi connectivity index (χ1v) is 8.84. The average molecular weight is 369 g/mol. The van der Waals surface area contributed by atoms with E-state index in [4.69, 9.17) is 9.47 Å². The van der Waals surface area contributed by atoms with Crippen molar-refractivity contribution in [3.8, 4) is 11.5 Å². The summed E-state index contributed by atoms with van der Waals surface area (Å²) >= 11 is 0. The zero-order valence-electron chi connectivity index (χ0n) is 15.5. The Balaban J connectivity index is 1.56. The highest BCUT2D eigenvalue weighted by molar-refractivity contribution is 5.95. The lowest BCUT2D eigenvalue weighted by molar-refractivity contribution is -0.121. The zero-order valence-corrected chi connectivity index (χ0v) is 15.5. The number of rotatable bonds is 5. The minimum absolute atomic E-state index is 0.0400. The van der Waals surface area contributed by atoms with E-state index >= 15 is 0 Å². The standard InChI is InChI=1S/C20H23N3O4/c1-26-17-6-5-16(12-18(17)27-2)22-19(24)14-7-10-23(11-8-14)20(25)15-4-3-9-21-13-15/h3-6,9,12-14H,7-8,10-11H2,1-2H3,(H,22,24). The molecule has 0 saturated carbocycles. The van der Waals surface area contributed by atoms with Crippen molar-refractivity contribution in [3.63, 3.8) is 0 Å². The van der Waals surface area contributed by atoms with Crippen LogP contribution in [0.3, 0.4) is 0 Å². The minimum Gasteiger partial charge on any atom is -0.493 e. The zero-order chi connectivity index (χ0) is 19.2. The molecule has 2 amide bonds. The number of nitrogens with one attached hydrogen (secondary N) is 1. The minimum atomic E-state index is -0.129. The predicted octanol–water partition coefficient (Wildman–Crippen LogP) is 2.59. The van der Waals surface area contributed by atoms with E-state index in [0.29, 0.717) is 48.7 Å². The highest BCUT2D eigenvalue weighted by Crippen LogP contribution is 2.30. The third-order valence-corrected chi connectivity index (χ3v) is 4.71.